The number of hydrogen-bond acceptors (Lipinski definition) is 8. The molecule has 0 aromatic carbocycles. The number of rotatable bonds is 4. The number of ether oxygens (including phenoxy) is 1. The molecule has 2 N–H and O–H groups in total. The van der Waals surface area contributed by atoms with Crippen LogP contribution in [0, 0.1) is 0 Å². The summed E-state index contributed by atoms with van der Waals surface area (Å²) >= 11 is 0. The molecule has 0 atom stereocenters. The lowest BCUT2D eigenvalue weighted by Gasteiger charge is -2.36. The summed E-state index contributed by atoms with van der Waals surface area (Å²) in [6, 6.07) is 1.75. The van der Waals surface area contributed by atoms with E-state index in [2.05, 4.69) is 36.7 Å². The highest BCUT2D eigenvalue weighted by Gasteiger charge is 2.22. The number of aryl methyl sites for hydroxylation is 1. The maximum absolute atomic E-state index is 5.75. The number of piperazine rings is 1. The molecule has 2 aromatic rings. The zero-order chi connectivity index (χ0) is 16.2. The molecule has 0 saturated carbocycles. The molecule has 8 heteroatoms. The van der Waals surface area contributed by atoms with Gasteiger partial charge in [-0.3, -0.25) is 0 Å². The molecule has 0 amide bonds. The van der Waals surface area contributed by atoms with Crippen LogP contribution in [0.2, 0.25) is 0 Å². The zero-order valence-electron chi connectivity index (χ0n) is 13.4. The highest BCUT2D eigenvalue weighted by atomic mass is 16.5. The first kappa shape index (κ1) is 15.3. The Hall–Kier alpha value is -2.64. The van der Waals surface area contributed by atoms with E-state index in [9.17, 15) is 0 Å². The first-order valence-electron chi connectivity index (χ1n) is 7.69. The van der Waals surface area contributed by atoms with Gasteiger partial charge in [0.05, 0.1) is 7.11 Å². The summed E-state index contributed by atoms with van der Waals surface area (Å²) in [5.74, 6) is 2.53. The van der Waals surface area contributed by atoms with E-state index in [0.29, 0.717) is 17.8 Å². The third-order valence-electron chi connectivity index (χ3n) is 3.93. The lowest BCUT2D eigenvalue weighted by Crippen LogP contribution is -2.47. The van der Waals surface area contributed by atoms with Crippen LogP contribution in [-0.4, -0.2) is 53.2 Å². The van der Waals surface area contributed by atoms with E-state index in [0.717, 1.165) is 44.0 Å². The van der Waals surface area contributed by atoms with Gasteiger partial charge in [-0.15, -0.1) is 0 Å². The summed E-state index contributed by atoms with van der Waals surface area (Å²) in [6.07, 6.45) is 4.41. The predicted octanol–water partition coefficient (Wildman–Crippen LogP) is 0.746. The fourth-order valence-corrected chi connectivity index (χ4v) is 2.65. The minimum absolute atomic E-state index is 0.316. The van der Waals surface area contributed by atoms with E-state index in [1.807, 2.05) is 6.20 Å². The van der Waals surface area contributed by atoms with Gasteiger partial charge in [-0.2, -0.15) is 9.97 Å². The van der Waals surface area contributed by atoms with Crippen LogP contribution < -0.4 is 20.3 Å². The van der Waals surface area contributed by atoms with Crippen molar-refractivity contribution >= 4 is 17.7 Å². The Balaban J connectivity index is 1.72. The van der Waals surface area contributed by atoms with E-state index < -0.39 is 0 Å². The quantitative estimate of drug-likeness (QED) is 0.883. The maximum atomic E-state index is 5.75. The SMILES string of the molecule is CCc1cnc(N)nc1N1CCN(c2nccc(OC)n2)CC1. The highest BCUT2D eigenvalue weighted by molar-refractivity contribution is 5.50. The lowest BCUT2D eigenvalue weighted by molar-refractivity contribution is 0.396. The van der Waals surface area contributed by atoms with Gasteiger partial charge in [-0.1, -0.05) is 6.92 Å². The summed E-state index contributed by atoms with van der Waals surface area (Å²) in [5, 5.41) is 0. The fourth-order valence-electron chi connectivity index (χ4n) is 2.65. The van der Waals surface area contributed by atoms with Crippen molar-refractivity contribution in [2.24, 2.45) is 0 Å². The molecule has 122 valence electrons. The van der Waals surface area contributed by atoms with Gasteiger partial charge >= 0.3 is 0 Å². The minimum Gasteiger partial charge on any atom is -0.481 e. The van der Waals surface area contributed by atoms with Crippen molar-refractivity contribution in [2.45, 2.75) is 13.3 Å². The van der Waals surface area contributed by atoms with Crippen LogP contribution in [0.5, 0.6) is 5.88 Å². The van der Waals surface area contributed by atoms with Crippen molar-refractivity contribution in [1.29, 1.82) is 0 Å². The molecule has 1 saturated heterocycles. The Labute approximate surface area is 135 Å². The van der Waals surface area contributed by atoms with Crippen LogP contribution in [0.15, 0.2) is 18.5 Å². The fraction of sp³-hybridized carbons (Fsp3) is 0.467. The molecule has 3 heterocycles. The number of methoxy groups -OCH3 is 1. The number of nitrogens with zero attached hydrogens (tertiary/aromatic N) is 6. The molecule has 0 radical (unpaired) electrons. The predicted molar refractivity (Wildman–Crippen MR) is 88.8 cm³/mol. The standard InChI is InChI=1S/C15H21N7O/c1-3-11-10-18-14(16)20-13(11)21-6-8-22(9-7-21)15-17-5-4-12(19-15)23-2/h4-5,10H,3,6-9H2,1-2H3,(H2,16,18,20). The Morgan fingerprint density at radius 2 is 1.87 bits per heavy atom. The minimum atomic E-state index is 0.316. The molecule has 0 spiro atoms. The van der Waals surface area contributed by atoms with E-state index in [1.54, 1.807) is 19.4 Å². The van der Waals surface area contributed by atoms with Crippen molar-refractivity contribution in [3.05, 3.63) is 24.0 Å². The van der Waals surface area contributed by atoms with Gasteiger partial charge in [-0.25, -0.2) is 9.97 Å². The largest absolute Gasteiger partial charge is 0.481 e. The topological polar surface area (TPSA) is 93.3 Å². The second-order valence-corrected chi connectivity index (χ2v) is 5.30. The van der Waals surface area contributed by atoms with E-state index in [4.69, 9.17) is 10.5 Å². The van der Waals surface area contributed by atoms with Crippen LogP contribution in [-0.2, 0) is 6.42 Å². The van der Waals surface area contributed by atoms with Gasteiger partial charge < -0.3 is 20.3 Å². The Morgan fingerprint density at radius 3 is 2.57 bits per heavy atom. The summed E-state index contributed by atoms with van der Waals surface area (Å²) in [5.41, 5.74) is 6.86. The summed E-state index contributed by atoms with van der Waals surface area (Å²) in [6.45, 7) is 5.41. The molecule has 2 aromatic heterocycles. The third kappa shape index (κ3) is 3.25. The second kappa shape index (κ2) is 6.64. The van der Waals surface area contributed by atoms with Gasteiger partial charge in [0.1, 0.15) is 5.82 Å². The van der Waals surface area contributed by atoms with Gasteiger partial charge in [-0.05, 0) is 6.42 Å². The molecule has 1 fully saturated rings. The summed E-state index contributed by atoms with van der Waals surface area (Å²) < 4.78 is 5.16. The number of hydrogen-bond donors (Lipinski definition) is 1. The molecule has 0 bridgehead atoms. The molecule has 0 unspecified atom stereocenters. The second-order valence-electron chi connectivity index (χ2n) is 5.30. The lowest BCUT2D eigenvalue weighted by atomic mass is 10.2. The third-order valence-corrected chi connectivity index (χ3v) is 3.93. The van der Waals surface area contributed by atoms with Crippen LogP contribution in [0.1, 0.15) is 12.5 Å². The van der Waals surface area contributed by atoms with Crippen molar-refractivity contribution in [1.82, 2.24) is 19.9 Å². The number of nitrogen functional groups attached to an aromatic ring is 1. The van der Waals surface area contributed by atoms with Crippen LogP contribution in [0.4, 0.5) is 17.7 Å². The molecule has 3 rings (SSSR count). The summed E-state index contributed by atoms with van der Waals surface area (Å²) in [7, 11) is 1.61. The van der Waals surface area contributed by atoms with Crippen LogP contribution in [0.3, 0.4) is 0 Å². The van der Waals surface area contributed by atoms with Gasteiger partial charge in [0.25, 0.3) is 0 Å². The maximum Gasteiger partial charge on any atom is 0.228 e. The molecule has 1 aliphatic heterocycles. The van der Waals surface area contributed by atoms with E-state index in [-0.39, 0.29) is 0 Å². The average Bonchev–Trinajstić information content (AvgIpc) is 2.62. The summed E-state index contributed by atoms with van der Waals surface area (Å²) in [4.78, 5) is 21.6. The van der Waals surface area contributed by atoms with E-state index >= 15 is 0 Å². The highest BCUT2D eigenvalue weighted by Crippen LogP contribution is 2.22. The molecular weight excluding hydrogens is 294 g/mol. The number of aromatic nitrogens is 4. The van der Waals surface area contributed by atoms with Gasteiger partial charge in [0.2, 0.25) is 17.8 Å². The smallest absolute Gasteiger partial charge is 0.228 e. The van der Waals surface area contributed by atoms with Crippen molar-refractivity contribution in [3.8, 4) is 5.88 Å². The molecule has 0 aliphatic carbocycles. The van der Waals surface area contributed by atoms with Gasteiger partial charge in [0, 0.05) is 50.2 Å². The Bertz CT molecular complexity index is 671. The average molecular weight is 315 g/mol. The number of anilines is 3. The zero-order valence-corrected chi connectivity index (χ0v) is 13.4. The first-order valence-corrected chi connectivity index (χ1v) is 7.69. The molecule has 8 nitrogen and oxygen atoms in total. The normalized spacial score (nSPS) is 14.9. The number of nitrogens with two attached hydrogens (primary N) is 1. The molecule has 23 heavy (non-hydrogen) atoms. The Morgan fingerprint density at radius 1 is 1.13 bits per heavy atom. The van der Waals surface area contributed by atoms with Crippen LogP contribution >= 0.6 is 0 Å². The van der Waals surface area contributed by atoms with Crippen LogP contribution in [0.25, 0.3) is 0 Å². The Kier molecular flexibility index (Phi) is 4.40. The van der Waals surface area contributed by atoms with Crippen molar-refractivity contribution < 1.29 is 4.74 Å². The van der Waals surface area contributed by atoms with Crippen molar-refractivity contribution in [2.75, 3.05) is 48.8 Å². The molecular formula is C15H21N7O. The first-order chi connectivity index (χ1) is 11.2. The van der Waals surface area contributed by atoms with E-state index in [1.165, 1.54) is 0 Å². The molecule has 1 aliphatic rings. The van der Waals surface area contributed by atoms with Crippen molar-refractivity contribution in [3.63, 3.8) is 0 Å². The van der Waals surface area contributed by atoms with Gasteiger partial charge in [0.15, 0.2) is 0 Å². The monoisotopic (exact) mass is 315 g/mol.